The molecule has 0 aromatic carbocycles. The van der Waals surface area contributed by atoms with E-state index in [1.807, 2.05) is 17.5 Å². The largest absolute Gasteiger partial charge is 0.382 e. The van der Waals surface area contributed by atoms with Crippen molar-refractivity contribution >= 4 is 23.1 Å². The third kappa shape index (κ3) is 3.51. The van der Waals surface area contributed by atoms with Gasteiger partial charge in [-0.2, -0.15) is 0 Å². The molecule has 3 N–H and O–H groups in total. The van der Waals surface area contributed by atoms with Crippen LogP contribution in [-0.4, -0.2) is 15.9 Å². The van der Waals surface area contributed by atoms with Crippen LogP contribution >= 0.6 is 11.3 Å². The van der Waals surface area contributed by atoms with Crippen LogP contribution in [0, 0.1) is 0 Å². The third-order valence-electron chi connectivity index (χ3n) is 2.67. The number of amides is 1. The van der Waals surface area contributed by atoms with Crippen molar-refractivity contribution < 1.29 is 4.79 Å². The SMILES string of the molecule is CCCC(NC(=O)c1cnc(N)cn1)c1cccs1. The zero-order valence-corrected chi connectivity index (χ0v) is 11.5. The van der Waals surface area contributed by atoms with Gasteiger partial charge in [-0.3, -0.25) is 4.79 Å². The zero-order valence-electron chi connectivity index (χ0n) is 10.7. The number of nitrogens with zero attached hydrogens (tertiary/aromatic N) is 2. The van der Waals surface area contributed by atoms with Crippen molar-refractivity contribution in [1.29, 1.82) is 0 Å². The molecule has 1 unspecified atom stereocenters. The first-order valence-electron chi connectivity index (χ1n) is 6.12. The van der Waals surface area contributed by atoms with E-state index in [0.717, 1.165) is 17.7 Å². The third-order valence-corrected chi connectivity index (χ3v) is 3.66. The summed E-state index contributed by atoms with van der Waals surface area (Å²) in [6, 6.07) is 4.04. The quantitative estimate of drug-likeness (QED) is 0.878. The average molecular weight is 276 g/mol. The topological polar surface area (TPSA) is 80.9 Å². The van der Waals surface area contributed by atoms with E-state index >= 15 is 0 Å². The molecule has 1 atom stereocenters. The normalized spacial score (nSPS) is 12.1. The molecule has 2 rings (SSSR count). The number of carbonyl (C=O) groups excluding carboxylic acids is 1. The Morgan fingerprint density at radius 1 is 1.47 bits per heavy atom. The minimum atomic E-state index is -0.223. The lowest BCUT2D eigenvalue weighted by Crippen LogP contribution is -2.28. The maximum Gasteiger partial charge on any atom is 0.271 e. The Bertz CT molecular complexity index is 524. The van der Waals surface area contributed by atoms with E-state index in [2.05, 4.69) is 22.2 Å². The number of rotatable bonds is 5. The molecule has 2 heterocycles. The van der Waals surface area contributed by atoms with E-state index in [4.69, 9.17) is 5.73 Å². The molecule has 0 saturated heterocycles. The molecule has 19 heavy (non-hydrogen) atoms. The van der Waals surface area contributed by atoms with Crippen molar-refractivity contribution in [2.45, 2.75) is 25.8 Å². The van der Waals surface area contributed by atoms with Gasteiger partial charge in [0.05, 0.1) is 18.4 Å². The zero-order chi connectivity index (χ0) is 13.7. The van der Waals surface area contributed by atoms with E-state index in [0.29, 0.717) is 5.82 Å². The van der Waals surface area contributed by atoms with Crippen LogP contribution in [0.1, 0.15) is 41.2 Å². The Kier molecular flexibility index (Phi) is 4.46. The molecule has 5 nitrogen and oxygen atoms in total. The summed E-state index contributed by atoms with van der Waals surface area (Å²) in [6.45, 7) is 2.09. The molecule has 1 amide bonds. The summed E-state index contributed by atoms with van der Waals surface area (Å²) in [5.74, 6) is 0.0827. The first-order chi connectivity index (χ1) is 9.20. The summed E-state index contributed by atoms with van der Waals surface area (Å²) in [5, 5.41) is 4.99. The van der Waals surface area contributed by atoms with E-state index in [1.54, 1.807) is 11.3 Å². The van der Waals surface area contributed by atoms with Crippen LogP contribution in [0.15, 0.2) is 29.9 Å². The van der Waals surface area contributed by atoms with Gasteiger partial charge in [0.2, 0.25) is 0 Å². The maximum atomic E-state index is 12.1. The second-order valence-corrected chi connectivity index (χ2v) is 5.14. The van der Waals surface area contributed by atoms with Gasteiger partial charge in [0.25, 0.3) is 5.91 Å². The molecule has 0 saturated carbocycles. The van der Waals surface area contributed by atoms with Crippen molar-refractivity contribution in [2.75, 3.05) is 5.73 Å². The van der Waals surface area contributed by atoms with E-state index in [-0.39, 0.29) is 17.6 Å². The highest BCUT2D eigenvalue weighted by molar-refractivity contribution is 7.10. The van der Waals surface area contributed by atoms with Gasteiger partial charge >= 0.3 is 0 Å². The Morgan fingerprint density at radius 3 is 2.89 bits per heavy atom. The lowest BCUT2D eigenvalue weighted by atomic mass is 10.1. The second kappa shape index (κ2) is 6.29. The van der Waals surface area contributed by atoms with Gasteiger partial charge in [-0.1, -0.05) is 19.4 Å². The number of aromatic nitrogens is 2. The molecule has 2 aromatic rings. The number of hydrogen-bond acceptors (Lipinski definition) is 5. The van der Waals surface area contributed by atoms with Gasteiger partial charge in [-0.25, -0.2) is 9.97 Å². The Hall–Kier alpha value is -1.95. The van der Waals surface area contributed by atoms with Crippen LogP contribution < -0.4 is 11.1 Å². The van der Waals surface area contributed by atoms with Crippen molar-refractivity contribution in [3.05, 3.63) is 40.5 Å². The van der Waals surface area contributed by atoms with Crippen LogP contribution in [-0.2, 0) is 0 Å². The highest BCUT2D eigenvalue weighted by atomic mass is 32.1. The van der Waals surface area contributed by atoms with Crippen LogP contribution in [0.25, 0.3) is 0 Å². The lowest BCUT2D eigenvalue weighted by Gasteiger charge is -2.16. The van der Waals surface area contributed by atoms with Gasteiger partial charge in [0, 0.05) is 4.88 Å². The number of anilines is 1. The Morgan fingerprint density at radius 2 is 2.32 bits per heavy atom. The molecule has 0 aliphatic heterocycles. The van der Waals surface area contributed by atoms with Crippen LogP contribution in [0.2, 0.25) is 0 Å². The highest BCUT2D eigenvalue weighted by Crippen LogP contribution is 2.23. The fourth-order valence-electron chi connectivity index (χ4n) is 1.75. The van der Waals surface area contributed by atoms with E-state index < -0.39 is 0 Å². The van der Waals surface area contributed by atoms with Gasteiger partial charge in [0.1, 0.15) is 11.5 Å². The fraction of sp³-hybridized carbons (Fsp3) is 0.308. The first-order valence-corrected chi connectivity index (χ1v) is 7.00. The van der Waals surface area contributed by atoms with Crippen LogP contribution in [0.5, 0.6) is 0 Å². The minimum Gasteiger partial charge on any atom is -0.382 e. The molecular formula is C13H16N4OS. The molecule has 0 aliphatic carbocycles. The fourth-order valence-corrected chi connectivity index (χ4v) is 2.56. The number of nitrogen functional groups attached to an aromatic ring is 1. The molecule has 0 radical (unpaired) electrons. The van der Waals surface area contributed by atoms with Gasteiger partial charge in [0.15, 0.2) is 0 Å². The minimum absolute atomic E-state index is 0.0249. The molecule has 0 aliphatic rings. The molecule has 2 aromatic heterocycles. The summed E-state index contributed by atoms with van der Waals surface area (Å²) in [6.07, 6.45) is 4.67. The lowest BCUT2D eigenvalue weighted by molar-refractivity contribution is 0.0930. The molecule has 0 fully saturated rings. The summed E-state index contributed by atoms with van der Waals surface area (Å²) in [7, 11) is 0. The van der Waals surface area contributed by atoms with E-state index in [1.165, 1.54) is 12.4 Å². The Labute approximate surface area is 115 Å². The average Bonchev–Trinajstić information content (AvgIpc) is 2.92. The number of nitrogens with two attached hydrogens (primary N) is 1. The maximum absolute atomic E-state index is 12.1. The molecule has 0 spiro atoms. The first kappa shape index (κ1) is 13.5. The van der Waals surface area contributed by atoms with Crippen molar-refractivity contribution in [3.8, 4) is 0 Å². The van der Waals surface area contributed by atoms with E-state index in [9.17, 15) is 4.79 Å². The van der Waals surface area contributed by atoms with Crippen LogP contribution in [0.3, 0.4) is 0 Å². The van der Waals surface area contributed by atoms with Crippen molar-refractivity contribution in [1.82, 2.24) is 15.3 Å². The number of hydrogen-bond donors (Lipinski definition) is 2. The van der Waals surface area contributed by atoms with Gasteiger partial charge < -0.3 is 11.1 Å². The highest BCUT2D eigenvalue weighted by Gasteiger charge is 2.16. The summed E-state index contributed by atoms with van der Waals surface area (Å²) >= 11 is 1.64. The molecule has 6 heteroatoms. The summed E-state index contributed by atoms with van der Waals surface area (Å²) in [4.78, 5) is 21.1. The predicted molar refractivity (Wildman–Crippen MR) is 75.9 cm³/mol. The number of thiophene rings is 1. The molecule has 0 bridgehead atoms. The predicted octanol–water partition coefficient (Wildman–Crippen LogP) is 2.39. The number of carbonyl (C=O) groups is 1. The van der Waals surface area contributed by atoms with Crippen molar-refractivity contribution in [3.63, 3.8) is 0 Å². The summed E-state index contributed by atoms with van der Waals surface area (Å²) in [5.41, 5.74) is 5.73. The molecule has 100 valence electrons. The monoisotopic (exact) mass is 276 g/mol. The van der Waals surface area contributed by atoms with Crippen molar-refractivity contribution in [2.24, 2.45) is 0 Å². The number of nitrogens with one attached hydrogen (secondary N) is 1. The summed E-state index contributed by atoms with van der Waals surface area (Å²) < 4.78 is 0. The van der Waals surface area contributed by atoms with Gasteiger partial charge in [-0.05, 0) is 17.9 Å². The standard InChI is InChI=1S/C13H16N4OS/c1-2-4-9(11-5-3-6-19-11)17-13(18)10-7-16-12(14)8-15-10/h3,5-9H,2,4H2,1H3,(H2,14,16)(H,17,18). The smallest absolute Gasteiger partial charge is 0.271 e. The molecular weight excluding hydrogens is 260 g/mol. The Balaban J connectivity index is 2.09. The van der Waals surface area contributed by atoms with Gasteiger partial charge in [-0.15, -0.1) is 11.3 Å². The van der Waals surface area contributed by atoms with Crippen LogP contribution in [0.4, 0.5) is 5.82 Å². The second-order valence-electron chi connectivity index (χ2n) is 4.16.